The number of hydrogen-bond acceptors (Lipinski definition) is 3. The van der Waals surface area contributed by atoms with Crippen molar-refractivity contribution in [2.75, 3.05) is 38.0 Å². The van der Waals surface area contributed by atoms with Gasteiger partial charge in [0.1, 0.15) is 0 Å². The van der Waals surface area contributed by atoms with Crippen LogP contribution >= 0.6 is 34.8 Å². The average molecular weight is 427 g/mol. The van der Waals surface area contributed by atoms with Gasteiger partial charge in [-0.25, -0.2) is 0 Å². The van der Waals surface area contributed by atoms with E-state index in [0.29, 0.717) is 46.8 Å². The normalized spacial score (nSPS) is 14.2. The van der Waals surface area contributed by atoms with Crippen LogP contribution in [0.1, 0.15) is 10.4 Å². The number of halogens is 3. The zero-order valence-electron chi connectivity index (χ0n) is 14.4. The first kappa shape index (κ1) is 19.8. The SMILES string of the molecule is O=C(CNc1ccccc1Cl)N1CCN(C(=O)c2cc(Cl)cc(Cl)c2)CC1. The lowest BCUT2D eigenvalue weighted by molar-refractivity contribution is -0.130. The van der Waals surface area contributed by atoms with E-state index in [4.69, 9.17) is 34.8 Å². The predicted molar refractivity (Wildman–Crippen MR) is 109 cm³/mol. The molecule has 2 aromatic rings. The molecule has 0 aliphatic carbocycles. The van der Waals surface area contributed by atoms with Crippen molar-refractivity contribution in [1.82, 2.24) is 9.80 Å². The highest BCUT2D eigenvalue weighted by Crippen LogP contribution is 2.21. The highest BCUT2D eigenvalue weighted by atomic mass is 35.5. The van der Waals surface area contributed by atoms with E-state index in [9.17, 15) is 9.59 Å². The Morgan fingerprint density at radius 2 is 1.48 bits per heavy atom. The summed E-state index contributed by atoms with van der Waals surface area (Å²) in [5.74, 6) is -0.173. The van der Waals surface area contributed by atoms with Gasteiger partial charge in [-0.1, -0.05) is 46.9 Å². The third kappa shape index (κ3) is 5.06. The molecule has 2 aromatic carbocycles. The fourth-order valence-electron chi connectivity index (χ4n) is 2.91. The Morgan fingerprint density at radius 1 is 0.889 bits per heavy atom. The van der Waals surface area contributed by atoms with Gasteiger partial charge in [0, 0.05) is 41.8 Å². The third-order valence-electron chi connectivity index (χ3n) is 4.33. The Balaban J connectivity index is 1.53. The Morgan fingerprint density at radius 3 is 2.11 bits per heavy atom. The van der Waals surface area contributed by atoms with Gasteiger partial charge < -0.3 is 15.1 Å². The summed E-state index contributed by atoms with van der Waals surface area (Å²) in [6.45, 7) is 2.02. The number of hydrogen-bond donors (Lipinski definition) is 1. The van der Waals surface area contributed by atoms with E-state index < -0.39 is 0 Å². The number of piperazine rings is 1. The smallest absolute Gasteiger partial charge is 0.254 e. The van der Waals surface area contributed by atoms with Gasteiger partial charge in [-0.05, 0) is 30.3 Å². The van der Waals surface area contributed by atoms with Gasteiger partial charge >= 0.3 is 0 Å². The molecule has 0 radical (unpaired) electrons. The fourth-order valence-corrected chi connectivity index (χ4v) is 3.63. The number of carbonyl (C=O) groups excluding carboxylic acids is 2. The Hall–Kier alpha value is -1.95. The van der Waals surface area contributed by atoms with E-state index in [1.165, 1.54) is 0 Å². The van der Waals surface area contributed by atoms with E-state index in [-0.39, 0.29) is 18.4 Å². The lowest BCUT2D eigenvalue weighted by atomic mass is 10.2. The van der Waals surface area contributed by atoms with Crippen molar-refractivity contribution in [3.63, 3.8) is 0 Å². The van der Waals surface area contributed by atoms with E-state index in [1.807, 2.05) is 18.2 Å². The molecule has 1 aliphatic heterocycles. The minimum Gasteiger partial charge on any atom is -0.375 e. The molecule has 0 saturated carbocycles. The van der Waals surface area contributed by atoms with Crippen molar-refractivity contribution in [3.05, 3.63) is 63.1 Å². The summed E-state index contributed by atoms with van der Waals surface area (Å²) in [6, 6.07) is 12.1. The summed E-state index contributed by atoms with van der Waals surface area (Å²) in [5, 5.41) is 4.46. The number of amides is 2. The maximum absolute atomic E-state index is 12.6. The molecule has 0 atom stereocenters. The number of para-hydroxylation sites is 1. The summed E-state index contributed by atoms with van der Waals surface area (Å²) in [5.41, 5.74) is 1.17. The van der Waals surface area contributed by atoms with Crippen LogP contribution in [0.2, 0.25) is 15.1 Å². The number of carbonyl (C=O) groups is 2. The van der Waals surface area contributed by atoms with Crippen LogP contribution in [0, 0.1) is 0 Å². The molecule has 2 amide bonds. The van der Waals surface area contributed by atoms with Crippen LogP contribution < -0.4 is 5.32 Å². The van der Waals surface area contributed by atoms with Gasteiger partial charge in [0.2, 0.25) is 5.91 Å². The molecule has 1 saturated heterocycles. The molecule has 8 heteroatoms. The Bertz CT molecular complexity index is 832. The predicted octanol–water partition coefficient (Wildman–Crippen LogP) is 4.04. The summed E-state index contributed by atoms with van der Waals surface area (Å²) in [7, 11) is 0. The summed E-state index contributed by atoms with van der Waals surface area (Å²) in [4.78, 5) is 28.4. The van der Waals surface area contributed by atoms with Gasteiger partial charge in [0.25, 0.3) is 5.91 Å². The van der Waals surface area contributed by atoms with Crippen LogP contribution in [-0.2, 0) is 4.79 Å². The maximum Gasteiger partial charge on any atom is 0.254 e. The number of benzene rings is 2. The molecule has 1 heterocycles. The first-order valence-electron chi connectivity index (χ1n) is 8.45. The molecule has 1 N–H and O–H groups in total. The second-order valence-corrected chi connectivity index (χ2v) is 7.44. The van der Waals surface area contributed by atoms with Gasteiger partial charge in [-0.3, -0.25) is 9.59 Å². The van der Waals surface area contributed by atoms with Crippen LogP contribution in [0.4, 0.5) is 5.69 Å². The fraction of sp³-hybridized carbons (Fsp3) is 0.263. The van der Waals surface area contributed by atoms with Crippen LogP contribution in [0.3, 0.4) is 0 Å². The van der Waals surface area contributed by atoms with Crippen molar-refractivity contribution in [2.24, 2.45) is 0 Å². The second-order valence-electron chi connectivity index (χ2n) is 6.16. The van der Waals surface area contributed by atoms with E-state index in [1.54, 1.807) is 34.1 Å². The Labute approximate surface area is 172 Å². The van der Waals surface area contributed by atoms with Gasteiger partial charge in [-0.15, -0.1) is 0 Å². The van der Waals surface area contributed by atoms with Crippen molar-refractivity contribution in [2.45, 2.75) is 0 Å². The van der Waals surface area contributed by atoms with Crippen LogP contribution in [-0.4, -0.2) is 54.3 Å². The van der Waals surface area contributed by atoms with Crippen molar-refractivity contribution in [3.8, 4) is 0 Å². The van der Waals surface area contributed by atoms with Gasteiger partial charge in [-0.2, -0.15) is 0 Å². The first-order valence-corrected chi connectivity index (χ1v) is 9.59. The molecule has 0 unspecified atom stereocenters. The molecule has 3 rings (SSSR count). The van der Waals surface area contributed by atoms with Crippen LogP contribution in [0.15, 0.2) is 42.5 Å². The molecule has 0 bridgehead atoms. The second kappa shape index (κ2) is 8.83. The maximum atomic E-state index is 12.6. The lowest BCUT2D eigenvalue weighted by Crippen LogP contribution is -2.51. The number of nitrogens with zero attached hydrogens (tertiary/aromatic N) is 2. The molecule has 142 valence electrons. The van der Waals surface area contributed by atoms with Crippen molar-refractivity contribution >= 4 is 52.3 Å². The zero-order valence-corrected chi connectivity index (χ0v) is 16.7. The molecule has 27 heavy (non-hydrogen) atoms. The lowest BCUT2D eigenvalue weighted by Gasteiger charge is -2.35. The average Bonchev–Trinajstić information content (AvgIpc) is 2.66. The summed E-state index contributed by atoms with van der Waals surface area (Å²) < 4.78 is 0. The number of anilines is 1. The monoisotopic (exact) mass is 425 g/mol. The van der Waals surface area contributed by atoms with Crippen LogP contribution in [0.5, 0.6) is 0 Å². The molecular formula is C19H18Cl3N3O2. The highest BCUT2D eigenvalue weighted by molar-refractivity contribution is 6.35. The highest BCUT2D eigenvalue weighted by Gasteiger charge is 2.25. The minimum absolute atomic E-state index is 0.0344. The third-order valence-corrected chi connectivity index (χ3v) is 5.10. The zero-order chi connectivity index (χ0) is 19.4. The number of rotatable bonds is 4. The molecular weight excluding hydrogens is 409 g/mol. The van der Waals surface area contributed by atoms with Crippen molar-refractivity contribution in [1.29, 1.82) is 0 Å². The molecule has 0 spiro atoms. The standard InChI is InChI=1S/C19H18Cl3N3O2/c20-14-9-13(10-15(21)11-14)19(27)25-7-5-24(6-8-25)18(26)12-23-17-4-2-1-3-16(17)22/h1-4,9-11,23H,5-8,12H2. The van der Waals surface area contributed by atoms with Gasteiger partial charge in [0.15, 0.2) is 0 Å². The van der Waals surface area contributed by atoms with Crippen molar-refractivity contribution < 1.29 is 9.59 Å². The largest absolute Gasteiger partial charge is 0.375 e. The molecule has 5 nitrogen and oxygen atoms in total. The topological polar surface area (TPSA) is 52.7 Å². The minimum atomic E-state index is -0.138. The van der Waals surface area contributed by atoms with E-state index in [2.05, 4.69) is 5.32 Å². The molecule has 0 aromatic heterocycles. The molecule has 1 aliphatic rings. The Kier molecular flexibility index (Phi) is 6.47. The van der Waals surface area contributed by atoms with E-state index in [0.717, 1.165) is 5.69 Å². The summed E-state index contributed by atoms with van der Waals surface area (Å²) in [6.07, 6.45) is 0. The molecule has 1 fully saturated rings. The first-order chi connectivity index (χ1) is 12.9. The van der Waals surface area contributed by atoms with Gasteiger partial charge in [0.05, 0.1) is 17.3 Å². The van der Waals surface area contributed by atoms with Crippen LogP contribution in [0.25, 0.3) is 0 Å². The quantitative estimate of drug-likeness (QED) is 0.802. The number of nitrogens with one attached hydrogen (secondary N) is 1. The van der Waals surface area contributed by atoms with E-state index >= 15 is 0 Å². The summed E-state index contributed by atoms with van der Waals surface area (Å²) >= 11 is 18.0.